The van der Waals surface area contributed by atoms with E-state index in [9.17, 15) is 4.79 Å². The molecule has 1 aromatic carbocycles. The lowest BCUT2D eigenvalue weighted by Crippen LogP contribution is -2.17. The monoisotopic (exact) mass is 258 g/mol. The lowest BCUT2D eigenvalue weighted by atomic mass is 9.90. The number of aromatic nitrogens is 2. The molecular formula is C15H18N2O2. The van der Waals surface area contributed by atoms with E-state index in [0.29, 0.717) is 18.1 Å². The average molecular weight is 258 g/mol. The number of para-hydroxylation sites is 1. The van der Waals surface area contributed by atoms with Gasteiger partial charge in [0.15, 0.2) is 0 Å². The Bertz CT molecular complexity index is 570. The van der Waals surface area contributed by atoms with Crippen molar-refractivity contribution in [3.8, 4) is 0 Å². The van der Waals surface area contributed by atoms with E-state index in [0.717, 1.165) is 10.9 Å². The largest absolute Gasteiger partial charge is 0.462 e. The number of rotatable bonds is 3. The first-order chi connectivity index (χ1) is 9.34. The van der Waals surface area contributed by atoms with Gasteiger partial charge in [-0.2, -0.15) is 5.10 Å². The van der Waals surface area contributed by atoms with Crippen molar-refractivity contribution in [2.75, 3.05) is 6.61 Å². The van der Waals surface area contributed by atoms with Crippen LogP contribution in [0.4, 0.5) is 0 Å². The van der Waals surface area contributed by atoms with Gasteiger partial charge in [0.2, 0.25) is 0 Å². The highest BCUT2D eigenvalue weighted by atomic mass is 16.5. The van der Waals surface area contributed by atoms with Crippen LogP contribution in [-0.4, -0.2) is 22.8 Å². The van der Waals surface area contributed by atoms with E-state index >= 15 is 0 Å². The van der Waals surface area contributed by atoms with Crippen LogP contribution < -0.4 is 0 Å². The van der Waals surface area contributed by atoms with Crippen molar-refractivity contribution in [3.05, 3.63) is 30.0 Å². The smallest absolute Gasteiger partial charge is 0.340 e. The number of benzene rings is 1. The van der Waals surface area contributed by atoms with Crippen molar-refractivity contribution in [3.63, 3.8) is 0 Å². The second-order valence-electron chi connectivity index (χ2n) is 5.24. The van der Waals surface area contributed by atoms with Crippen molar-refractivity contribution < 1.29 is 9.53 Å². The fourth-order valence-corrected chi connectivity index (χ4v) is 2.76. The summed E-state index contributed by atoms with van der Waals surface area (Å²) in [6.07, 6.45) is 7.92. The summed E-state index contributed by atoms with van der Waals surface area (Å²) in [6.45, 7) is 0.545. The number of ether oxygens (including phenoxy) is 1. The Kier molecular flexibility index (Phi) is 3.49. The van der Waals surface area contributed by atoms with Gasteiger partial charge in [-0.3, -0.25) is 5.10 Å². The molecule has 4 heteroatoms. The highest BCUT2D eigenvalue weighted by Gasteiger charge is 2.17. The van der Waals surface area contributed by atoms with E-state index in [1.807, 2.05) is 12.1 Å². The maximum Gasteiger partial charge on any atom is 0.340 e. The molecule has 1 saturated carbocycles. The number of hydrogen-bond acceptors (Lipinski definition) is 3. The van der Waals surface area contributed by atoms with Crippen molar-refractivity contribution in [2.45, 2.75) is 32.1 Å². The molecule has 100 valence electrons. The zero-order valence-electron chi connectivity index (χ0n) is 10.9. The van der Waals surface area contributed by atoms with Crippen LogP contribution in [0.25, 0.3) is 10.9 Å². The van der Waals surface area contributed by atoms with Crippen LogP contribution in [0.15, 0.2) is 24.4 Å². The Hall–Kier alpha value is -1.84. The van der Waals surface area contributed by atoms with Crippen LogP contribution in [0.3, 0.4) is 0 Å². The number of H-pyrrole nitrogens is 1. The topological polar surface area (TPSA) is 55.0 Å². The lowest BCUT2D eigenvalue weighted by Gasteiger charge is -2.21. The third-order valence-electron chi connectivity index (χ3n) is 3.87. The predicted molar refractivity (Wildman–Crippen MR) is 73.0 cm³/mol. The number of nitrogens with one attached hydrogen (secondary N) is 1. The number of aromatic amines is 1. The number of hydrogen-bond donors (Lipinski definition) is 1. The molecule has 0 bridgehead atoms. The molecule has 0 atom stereocenters. The van der Waals surface area contributed by atoms with Crippen LogP contribution in [-0.2, 0) is 4.74 Å². The van der Waals surface area contributed by atoms with Gasteiger partial charge in [0, 0.05) is 5.39 Å². The molecule has 0 radical (unpaired) electrons. The van der Waals surface area contributed by atoms with E-state index in [1.165, 1.54) is 32.1 Å². The molecule has 0 saturated heterocycles. The van der Waals surface area contributed by atoms with Crippen LogP contribution >= 0.6 is 0 Å². The Balaban J connectivity index is 1.68. The molecule has 3 rings (SSSR count). The van der Waals surface area contributed by atoms with E-state index < -0.39 is 0 Å². The quantitative estimate of drug-likeness (QED) is 0.859. The standard InChI is InChI=1S/C15H18N2O2/c18-15(19-10-11-5-2-1-3-6-11)13-8-4-7-12-9-16-17-14(12)13/h4,7-9,11H,1-3,5-6,10H2,(H,16,17). The molecule has 0 unspecified atom stereocenters. The van der Waals surface area contributed by atoms with E-state index in [1.54, 1.807) is 12.3 Å². The Morgan fingerprint density at radius 1 is 1.32 bits per heavy atom. The molecule has 1 aromatic heterocycles. The minimum absolute atomic E-state index is 0.250. The molecule has 1 heterocycles. The van der Waals surface area contributed by atoms with Gasteiger partial charge in [-0.05, 0) is 24.8 Å². The number of carbonyl (C=O) groups excluding carboxylic acids is 1. The molecule has 2 aromatic rings. The van der Waals surface area contributed by atoms with Gasteiger partial charge in [-0.15, -0.1) is 0 Å². The zero-order valence-corrected chi connectivity index (χ0v) is 10.9. The molecule has 0 amide bonds. The summed E-state index contributed by atoms with van der Waals surface area (Å²) >= 11 is 0. The minimum Gasteiger partial charge on any atom is -0.462 e. The first kappa shape index (κ1) is 12.2. The van der Waals surface area contributed by atoms with Crippen LogP contribution in [0, 0.1) is 5.92 Å². The average Bonchev–Trinajstić information content (AvgIpc) is 2.94. The van der Waals surface area contributed by atoms with Crippen LogP contribution in [0.5, 0.6) is 0 Å². The van der Waals surface area contributed by atoms with Gasteiger partial charge < -0.3 is 4.74 Å². The summed E-state index contributed by atoms with van der Waals surface area (Å²) in [7, 11) is 0. The van der Waals surface area contributed by atoms with E-state index in [-0.39, 0.29) is 5.97 Å². The first-order valence-corrected chi connectivity index (χ1v) is 6.94. The van der Waals surface area contributed by atoms with Crippen molar-refractivity contribution >= 4 is 16.9 Å². The van der Waals surface area contributed by atoms with E-state index in [4.69, 9.17) is 4.74 Å². The van der Waals surface area contributed by atoms with Gasteiger partial charge in [0.25, 0.3) is 0 Å². The number of fused-ring (bicyclic) bond motifs is 1. The summed E-state index contributed by atoms with van der Waals surface area (Å²) in [4.78, 5) is 12.1. The van der Waals surface area contributed by atoms with Gasteiger partial charge in [0.1, 0.15) is 0 Å². The second kappa shape index (κ2) is 5.43. The SMILES string of the molecule is O=C(OCC1CCCCC1)c1cccc2cn[nH]c12. The maximum absolute atomic E-state index is 12.1. The molecule has 1 aliphatic rings. The van der Waals surface area contributed by atoms with Gasteiger partial charge in [-0.25, -0.2) is 4.79 Å². The first-order valence-electron chi connectivity index (χ1n) is 6.94. The summed E-state index contributed by atoms with van der Waals surface area (Å²) in [5.41, 5.74) is 1.34. The summed E-state index contributed by atoms with van der Waals surface area (Å²) in [6, 6.07) is 5.57. The van der Waals surface area contributed by atoms with Gasteiger partial charge in [-0.1, -0.05) is 31.4 Å². The maximum atomic E-state index is 12.1. The molecule has 1 N–H and O–H groups in total. The Morgan fingerprint density at radius 2 is 2.16 bits per heavy atom. The van der Waals surface area contributed by atoms with Crippen molar-refractivity contribution in [2.24, 2.45) is 5.92 Å². The zero-order chi connectivity index (χ0) is 13.1. The third kappa shape index (κ3) is 2.62. The molecule has 0 spiro atoms. The Morgan fingerprint density at radius 3 is 3.00 bits per heavy atom. The fraction of sp³-hybridized carbons (Fsp3) is 0.467. The van der Waals surface area contributed by atoms with E-state index in [2.05, 4.69) is 10.2 Å². The highest BCUT2D eigenvalue weighted by Crippen LogP contribution is 2.24. The molecule has 0 aliphatic heterocycles. The summed E-state index contributed by atoms with van der Waals surface area (Å²) in [5, 5.41) is 7.75. The number of carbonyl (C=O) groups is 1. The van der Waals surface area contributed by atoms with Crippen molar-refractivity contribution in [1.82, 2.24) is 10.2 Å². The number of esters is 1. The fourth-order valence-electron chi connectivity index (χ4n) is 2.76. The Labute approximate surface area is 112 Å². The third-order valence-corrected chi connectivity index (χ3v) is 3.87. The summed E-state index contributed by atoms with van der Waals surface area (Å²) in [5.74, 6) is 0.291. The molecule has 1 fully saturated rings. The van der Waals surface area contributed by atoms with Crippen LogP contribution in [0.2, 0.25) is 0 Å². The molecule has 1 aliphatic carbocycles. The minimum atomic E-state index is -0.250. The molecular weight excluding hydrogens is 240 g/mol. The number of nitrogens with zero attached hydrogens (tertiary/aromatic N) is 1. The second-order valence-corrected chi connectivity index (χ2v) is 5.24. The normalized spacial score (nSPS) is 16.6. The molecule has 19 heavy (non-hydrogen) atoms. The lowest BCUT2D eigenvalue weighted by molar-refractivity contribution is 0.0412. The van der Waals surface area contributed by atoms with Crippen molar-refractivity contribution in [1.29, 1.82) is 0 Å². The van der Waals surface area contributed by atoms with Gasteiger partial charge >= 0.3 is 5.97 Å². The predicted octanol–water partition coefficient (Wildman–Crippen LogP) is 3.30. The molecule has 4 nitrogen and oxygen atoms in total. The summed E-state index contributed by atoms with van der Waals surface area (Å²) < 4.78 is 5.46. The highest BCUT2D eigenvalue weighted by molar-refractivity contribution is 6.02. The van der Waals surface area contributed by atoms with Gasteiger partial charge in [0.05, 0.1) is 23.9 Å². The van der Waals surface area contributed by atoms with Crippen LogP contribution in [0.1, 0.15) is 42.5 Å².